The predicted octanol–water partition coefficient (Wildman–Crippen LogP) is 2.88. The molecular weight excluding hydrogens is 160 g/mol. The Balaban J connectivity index is 1.85. The molecule has 0 N–H and O–H groups in total. The van der Waals surface area contributed by atoms with Crippen molar-refractivity contribution in [3.8, 4) is 0 Å². The van der Waals surface area contributed by atoms with Gasteiger partial charge < -0.3 is 0 Å². The topological polar surface area (TPSA) is 17.1 Å². The van der Waals surface area contributed by atoms with Crippen LogP contribution < -0.4 is 0 Å². The highest BCUT2D eigenvalue weighted by Gasteiger charge is 2.25. The SMILES string of the molecule is CC(=O)C1CCC(C2=CC=C2)CC1. The summed E-state index contributed by atoms with van der Waals surface area (Å²) >= 11 is 0. The normalized spacial score (nSPS) is 32.2. The van der Waals surface area contributed by atoms with Crippen molar-refractivity contribution < 1.29 is 4.79 Å². The van der Waals surface area contributed by atoms with E-state index >= 15 is 0 Å². The van der Waals surface area contributed by atoms with Crippen LogP contribution >= 0.6 is 0 Å². The lowest BCUT2D eigenvalue weighted by molar-refractivity contribution is -0.121. The van der Waals surface area contributed by atoms with Crippen molar-refractivity contribution >= 4 is 5.78 Å². The molecule has 1 saturated carbocycles. The first-order chi connectivity index (χ1) is 6.27. The van der Waals surface area contributed by atoms with Gasteiger partial charge in [-0.2, -0.15) is 0 Å². The third-order valence-electron chi connectivity index (χ3n) is 3.35. The van der Waals surface area contributed by atoms with E-state index in [1.165, 1.54) is 18.4 Å². The minimum atomic E-state index is 0.362. The van der Waals surface area contributed by atoms with Gasteiger partial charge in [0.15, 0.2) is 0 Å². The van der Waals surface area contributed by atoms with E-state index in [2.05, 4.69) is 18.2 Å². The summed E-state index contributed by atoms with van der Waals surface area (Å²) in [6.45, 7) is 1.73. The molecule has 1 heteroatoms. The molecule has 13 heavy (non-hydrogen) atoms. The molecule has 0 saturated heterocycles. The summed E-state index contributed by atoms with van der Waals surface area (Å²) in [5.41, 5.74) is 1.50. The van der Waals surface area contributed by atoms with Crippen LogP contribution in [0.1, 0.15) is 32.6 Å². The van der Waals surface area contributed by atoms with Crippen LogP contribution in [0.4, 0.5) is 0 Å². The highest BCUT2D eigenvalue weighted by Crippen LogP contribution is 2.35. The van der Waals surface area contributed by atoms with Gasteiger partial charge in [0, 0.05) is 5.92 Å². The first-order valence-corrected chi connectivity index (χ1v) is 5.16. The predicted molar refractivity (Wildman–Crippen MR) is 53.4 cm³/mol. The maximum absolute atomic E-state index is 11.1. The molecule has 0 heterocycles. The quantitative estimate of drug-likeness (QED) is 0.632. The Hall–Kier alpha value is -0.850. The Kier molecular flexibility index (Phi) is 2.34. The minimum absolute atomic E-state index is 0.362. The standard InChI is InChI=1S/C12H16O/c1-9(13)10-5-7-12(8-6-10)11-3-2-4-11/h2-4,10,12H,5-8H2,1H3. The zero-order valence-electron chi connectivity index (χ0n) is 8.12. The van der Waals surface area contributed by atoms with Crippen LogP contribution in [-0.4, -0.2) is 5.78 Å². The van der Waals surface area contributed by atoms with E-state index in [0.29, 0.717) is 11.7 Å². The number of allylic oxidation sites excluding steroid dienone is 4. The molecule has 2 rings (SSSR count). The molecule has 2 aliphatic rings. The van der Waals surface area contributed by atoms with Gasteiger partial charge >= 0.3 is 0 Å². The number of carbonyl (C=O) groups excluding carboxylic acids is 1. The molecule has 0 bridgehead atoms. The van der Waals surface area contributed by atoms with E-state index < -0.39 is 0 Å². The van der Waals surface area contributed by atoms with Crippen LogP contribution in [0.3, 0.4) is 0 Å². The van der Waals surface area contributed by atoms with Crippen LogP contribution in [0.25, 0.3) is 0 Å². The molecule has 0 spiro atoms. The molecule has 0 aromatic carbocycles. The summed E-state index contributed by atoms with van der Waals surface area (Å²) in [5, 5.41) is 0. The van der Waals surface area contributed by atoms with Gasteiger partial charge in [-0.15, -0.1) is 0 Å². The van der Waals surface area contributed by atoms with Crippen molar-refractivity contribution in [3.05, 3.63) is 23.8 Å². The minimum Gasteiger partial charge on any atom is -0.300 e. The number of hydrogen-bond donors (Lipinski definition) is 0. The van der Waals surface area contributed by atoms with E-state index in [1.54, 1.807) is 6.92 Å². The number of hydrogen-bond acceptors (Lipinski definition) is 1. The Morgan fingerprint density at radius 1 is 1.31 bits per heavy atom. The fourth-order valence-electron chi connectivity index (χ4n) is 2.31. The maximum Gasteiger partial charge on any atom is 0.132 e. The molecule has 0 atom stereocenters. The lowest BCUT2D eigenvalue weighted by atomic mass is 9.75. The Morgan fingerprint density at radius 2 is 1.92 bits per heavy atom. The van der Waals surface area contributed by atoms with Gasteiger partial charge in [-0.05, 0) is 44.1 Å². The highest BCUT2D eigenvalue weighted by atomic mass is 16.1. The van der Waals surface area contributed by atoms with Crippen molar-refractivity contribution in [2.24, 2.45) is 11.8 Å². The van der Waals surface area contributed by atoms with Crippen LogP contribution in [0, 0.1) is 11.8 Å². The zero-order valence-corrected chi connectivity index (χ0v) is 8.12. The first-order valence-electron chi connectivity index (χ1n) is 5.16. The van der Waals surface area contributed by atoms with Crippen LogP contribution in [-0.2, 0) is 4.79 Å². The lowest BCUT2D eigenvalue weighted by Crippen LogP contribution is -2.21. The van der Waals surface area contributed by atoms with Gasteiger partial charge in [-0.1, -0.05) is 18.2 Å². The zero-order chi connectivity index (χ0) is 9.26. The second-order valence-corrected chi connectivity index (χ2v) is 4.18. The molecule has 0 amide bonds. The van der Waals surface area contributed by atoms with E-state index in [4.69, 9.17) is 0 Å². The van der Waals surface area contributed by atoms with E-state index in [9.17, 15) is 4.79 Å². The van der Waals surface area contributed by atoms with Crippen molar-refractivity contribution in [1.29, 1.82) is 0 Å². The fourth-order valence-corrected chi connectivity index (χ4v) is 2.31. The Labute approximate surface area is 79.5 Å². The van der Waals surface area contributed by atoms with E-state index in [1.807, 2.05) is 0 Å². The molecule has 0 unspecified atom stereocenters. The molecule has 0 aliphatic heterocycles. The van der Waals surface area contributed by atoms with Crippen molar-refractivity contribution in [1.82, 2.24) is 0 Å². The molecule has 1 fully saturated rings. The molecular formula is C12H16O. The molecule has 70 valence electrons. The monoisotopic (exact) mass is 176 g/mol. The van der Waals surface area contributed by atoms with Crippen molar-refractivity contribution in [3.63, 3.8) is 0 Å². The highest BCUT2D eigenvalue weighted by molar-refractivity contribution is 5.78. The van der Waals surface area contributed by atoms with Crippen LogP contribution in [0.5, 0.6) is 0 Å². The average Bonchev–Trinajstić information content (AvgIpc) is 2.02. The van der Waals surface area contributed by atoms with Gasteiger partial charge in [0.25, 0.3) is 0 Å². The van der Waals surface area contributed by atoms with Gasteiger partial charge in [0.1, 0.15) is 5.78 Å². The third-order valence-corrected chi connectivity index (χ3v) is 3.35. The van der Waals surface area contributed by atoms with Gasteiger partial charge in [-0.3, -0.25) is 4.79 Å². The summed E-state index contributed by atoms with van der Waals surface area (Å²) in [7, 11) is 0. The largest absolute Gasteiger partial charge is 0.300 e. The maximum atomic E-state index is 11.1. The second-order valence-electron chi connectivity index (χ2n) is 4.18. The molecule has 0 aromatic rings. The van der Waals surface area contributed by atoms with Crippen molar-refractivity contribution in [2.75, 3.05) is 0 Å². The van der Waals surface area contributed by atoms with E-state index in [0.717, 1.165) is 18.8 Å². The molecule has 0 aromatic heterocycles. The number of rotatable bonds is 2. The average molecular weight is 176 g/mol. The Morgan fingerprint density at radius 3 is 2.31 bits per heavy atom. The molecule has 2 aliphatic carbocycles. The third kappa shape index (κ3) is 1.74. The summed E-state index contributed by atoms with van der Waals surface area (Å²) in [6, 6.07) is 0. The summed E-state index contributed by atoms with van der Waals surface area (Å²) in [6.07, 6.45) is 11.1. The number of ketones is 1. The molecule has 1 nitrogen and oxygen atoms in total. The van der Waals surface area contributed by atoms with E-state index in [-0.39, 0.29) is 0 Å². The first kappa shape index (κ1) is 8.74. The van der Waals surface area contributed by atoms with Gasteiger partial charge in [0.05, 0.1) is 0 Å². The van der Waals surface area contributed by atoms with Gasteiger partial charge in [-0.25, -0.2) is 0 Å². The summed E-state index contributed by atoms with van der Waals surface area (Å²) < 4.78 is 0. The number of carbonyl (C=O) groups is 1. The van der Waals surface area contributed by atoms with Crippen molar-refractivity contribution in [2.45, 2.75) is 32.6 Å². The fraction of sp³-hybridized carbons (Fsp3) is 0.583. The van der Waals surface area contributed by atoms with Crippen LogP contribution in [0.15, 0.2) is 23.8 Å². The number of Topliss-reactive ketones (excluding diaryl/α,β-unsaturated/α-hetero) is 1. The summed E-state index contributed by atoms with van der Waals surface area (Å²) in [4.78, 5) is 11.1. The lowest BCUT2D eigenvalue weighted by Gasteiger charge is -2.29. The smallest absolute Gasteiger partial charge is 0.132 e. The van der Waals surface area contributed by atoms with Crippen LogP contribution in [0.2, 0.25) is 0 Å². The summed E-state index contributed by atoms with van der Waals surface area (Å²) in [5.74, 6) is 1.50. The molecule has 0 radical (unpaired) electrons. The second kappa shape index (κ2) is 3.49. The van der Waals surface area contributed by atoms with Gasteiger partial charge in [0.2, 0.25) is 0 Å². The Bertz CT molecular complexity index is 265.